The predicted molar refractivity (Wildman–Crippen MR) is 142 cm³/mol. The highest BCUT2D eigenvalue weighted by Crippen LogP contribution is 2.68. The zero-order chi connectivity index (χ0) is 25.3. The Kier molecular flexibility index (Phi) is 11.4. The van der Waals surface area contributed by atoms with Crippen molar-refractivity contribution >= 4 is 11.9 Å². The summed E-state index contributed by atoms with van der Waals surface area (Å²) in [6.07, 6.45) is 23.3. The summed E-state index contributed by atoms with van der Waals surface area (Å²) in [5.74, 6) is 0.651. The van der Waals surface area contributed by atoms with Gasteiger partial charge in [0.15, 0.2) is 0 Å². The molecule has 0 aromatic rings. The Morgan fingerprint density at radius 2 is 0.971 bits per heavy atom. The van der Waals surface area contributed by atoms with Crippen LogP contribution in [0.4, 0.5) is 0 Å². The van der Waals surface area contributed by atoms with Crippen LogP contribution in [0.2, 0.25) is 0 Å². The van der Waals surface area contributed by atoms with E-state index >= 15 is 0 Å². The molecular formula is C31H54O4. The molecule has 4 heteroatoms. The number of rotatable bonds is 16. The summed E-state index contributed by atoms with van der Waals surface area (Å²) in [5, 5.41) is 19.8. The summed E-state index contributed by atoms with van der Waals surface area (Å²) < 4.78 is 0. The molecule has 0 saturated heterocycles. The average molecular weight is 491 g/mol. The van der Waals surface area contributed by atoms with Crippen LogP contribution in [0, 0.1) is 40.9 Å². The van der Waals surface area contributed by atoms with Crippen LogP contribution in [0.15, 0.2) is 0 Å². The van der Waals surface area contributed by atoms with E-state index in [4.69, 9.17) is 0 Å². The molecule has 0 bridgehead atoms. The Morgan fingerprint density at radius 1 is 0.600 bits per heavy atom. The fourth-order valence-corrected chi connectivity index (χ4v) is 8.79. The second-order valence-electron chi connectivity index (χ2n) is 12.5. The van der Waals surface area contributed by atoms with Crippen molar-refractivity contribution in [1.29, 1.82) is 0 Å². The van der Waals surface area contributed by atoms with Crippen molar-refractivity contribution in [2.24, 2.45) is 40.9 Å². The molecule has 6 atom stereocenters. The summed E-state index contributed by atoms with van der Waals surface area (Å²) in [6.45, 7) is 4.52. The fraction of sp³-hybridized carbons (Fsp3) is 0.935. The molecule has 3 rings (SSSR count). The lowest BCUT2D eigenvalue weighted by molar-refractivity contribution is -0.145. The zero-order valence-corrected chi connectivity index (χ0v) is 22.8. The van der Waals surface area contributed by atoms with Crippen molar-refractivity contribution in [1.82, 2.24) is 0 Å². The molecule has 0 radical (unpaired) electrons. The maximum atomic E-state index is 12.1. The Bertz CT molecular complexity index is 602. The quantitative estimate of drug-likeness (QED) is 0.212. The highest BCUT2D eigenvalue weighted by molar-refractivity contribution is 5.70. The molecule has 3 fully saturated rings. The standard InChI is InChI=1S/C31H54O4/c1-3-5-7-9-11-13-19-31(20-14-12-10-8-6-4-2)27-21-23(29(32)33)15-17-25(27)26-18-16-24(30(34)35)22-28(26)31/h23-28H,3-22H2,1-2H3,(H,32,33)(H,34,35). The molecule has 3 saturated carbocycles. The zero-order valence-electron chi connectivity index (χ0n) is 22.8. The van der Waals surface area contributed by atoms with Crippen LogP contribution >= 0.6 is 0 Å². The third kappa shape index (κ3) is 7.04. The first kappa shape index (κ1) is 28.5. The maximum absolute atomic E-state index is 12.1. The number of carboxylic acids is 2. The van der Waals surface area contributed by atoms with Crippen LogP contribution in [0.25, 0.3) is 0 Å². The predicted octanol–water partition coefficient (Wildman–Crippen LogP) is 8.72. The van der Waals surface area contributed by atoms with Gasteiger partial charge in [-0.05, 0) is 80.5 Å². The molecule has 2 N–H and O–H groups in total. The number of fused-ring (bicyclic) bond motifs is 3. The van der Waals surface area contributed by atoms with E-state index in [-0.39, 0.29) is 17.3 Å². The van der Waals surface area contributed by atoms with Gasteiger partial charge in [0, 0.05) is 0 Å². The van der Waals surface area contributed by atoms with Crippen LogP contribution in [0.5, 0.6) is 0 Å². The summed E-state index contributed by atoms with van der Waals surface area (Å²) in [5.41, 5.74) is 0.174. The summed E-state index contributed by atoms with van der Waals surface area (Å²) in [4.78, 5) is 24.1. The molecule has 0 aromatic heterocycles. The molecule has 202 valence electrons. The van der Waals surface area contributed by atoms with Gasteiger partial charge >= 0.3 is 11.9 Å². The van der Waals surface area contributed by atoms with Crippen LogP contribution in [0.3, 0.4) is 0 Å². The monoisotopic (exact) mass is 490 g/mol. The highest BCUT2D eigenvalue weighted by atomic mass is 16.4. The second kappa shape index (κ2) is 14.0. The molecule has 3 aliphatic carbocycles. The van der Waals surface area contributed by atoms with Crippen molar-refractivity contribution in [3.8, 4) is 0 Å². The van der Waals surface area contributed by atoms with Crippen LogP contribution in [0.1, 0.15) is 142 Å². The van der Waals surface area contributed by atoms with Crippen LogP contribution in [-0.2, 0) is 9.59 Å². The van der Waals surface area contributed by atoms with Crippen molar-refractivity contribution in [2.45, 2.75) is 142 Å². The van der Waals surface area contributed by atoms with E-state index in [0.29, 0.717) is 23.7 Å². The van der Waals surface area contributed by atoms with E-state index < -0.39 is 11.9 Å². The molecule has 3 aliphatic rings. The molecule has 35 heavy (non-hydrogen) atoms. The minimum Gasteiger partial charge on any atom is -0.481 e. The van der Waals surface area contributed by atoms with E-state index in [1.807, 2.05) is 0 Å². The number of carbonyl (C=O) groups is 2. The normalized spacial score (nSPS) is 31.6. The number of hydrogen-bond acceptors (Lipinski definition) is 2. The Morgan fingerprint density at radius 3 is 1.34 bits per heavy atom. The first-order valence-corrected chi connectivity index (χ1v) is 15.4. The van der Waals surface area contributed by atoms with Gasteiger partial charge in [-0.2, -0.15) is 0 Å². The van der Waals surface area contributed by atoms with E-state index in [1.165, 1.54) is 89.9 Å². The van der Waals surface area contributed by atoms with E-state index in [1.54, 1.807) is 0 Å². The van der Waals surface area contributed by atoms with Gasteiger partial charge < -0.3 is 10.2 Å². The van der Waals surface area contributed by atoms with Gasteiger partial charge in [-0.3, -0.25) is 9.59 Å². The van der Waals surface area contributed by atoms with Gasteiger partial charge in [0.1, 0.15) is 0 Å². The summed E-state index contributed by atoms with van der Waals surface area (Å²) in [6, 6.07) is 0. The third-order valence-electron chi connectivity index (χ3n) is 10.5. The Labute approximate surface area is 215 Å². The number of unbranched alkanes of at least 4 members (excludes halogenated alkanes) is 10. The van der Waals surface area contributed by atoms with Crippen molar-refractivity contribution in [2.75, 3.05) is 0 Å². The highest BCUT2D eigenvalue weighted by Gasteiger charge is 2.61. The van der Waals surface area contributed by atoms with Crippen LogP contribution in [-0.4, -0.2) is 22.2 Å². The number of carboxylic acid groups (broad SMARTS) is 2. The van der Waals surface area contributed by atoms with E-state index in [0.717, 1.165) is 38.5 Å². The largest absolute Gasteiger partial charge is 0.481 e. The SMILES string of the molecule is CCCCCCCCC1(CCCCCCCC)C2CC(C(=O)O)CCC2C2CCC(C(=O)O)CC21. The van der Waals surface area contributed by atoms with Crippen molar-refractivity contribution in [3.05, 3.63) is 0 Å². The van der Waals surface area contributed by atoms with E-state index in [2.05, 4.69) is 13.8 Å². The van der Waals surface area contributed by atoms with E-state index in [9.17, 15) is 19.8 Å². The lowest BCUT2D eigenvalue weighted by Crippen LogP contribution is -2.39. The molecule has 0 spiro atoms. The first-order valence-electron chi connectivity index (χ1n) is 15.4. The van der Waals surface area contributed by atoms with Crippen molar-refractivity contribution in [3.63, 3.8) is 0 Å². The molecule has 0 heterocycles. The second-order valence-corrected chi connectivity index (χ2v) is 12.5. The van der Waals surface area contributed by atoms with Gasteiger partial charge in [0.2, 0.25) is 0 Å². The Hall–Kier alpha value is -1.06. The third-order valence-corrected chi connectivity index (χ3v) is 10.5. The molecule has 4 nitrogen and oxygen atoms in total. The fourth-order valence-electron chi connectivity index (χ4n) is 8.79. The molecule has 0 amide bonds. The minimum absolute atomic E-state index is 0.174. The lowest BCUT2D eigenvalue weighted by atomic mass is 9.58. The minimum atomic E-state index is -0.602. The average Bonchev–Trinajstić information content (AvgIpc) is 3.12. The summed E-state index contributed by atoms with van der Waals surface area (Å²) in [7, 11) is 0. The number of aliphatic carboxylic acids is 2. The lowest BCUT2D eigenvalue weighted by Gasteiger charge is -2.46. The molecular weight excluding hydrogens is 436 g/mol. The van der Waals surface area contributed by atoms with Gasteiger partial charge in [-0.15, -0.1) is 0 Å². The topological polar surface area (TPSA) is 74.6 Å². The molecule has 0 aromatic carbocycles. The van der Waals surface area contributed by atoms with Gasteiger partial charge in [0.05, 0.1) is 11.8 Å². The van der Waals surface area contributed by atoms with Crippen molar-refractivity contribution < 1.29 is 19.8 Å². The van der Waals surface area contributed by atoms with Crippen LogP contribution < -0.4 is 0 Å². The maximum Gasteiger partial charge on any atom is 0.306 e. The van der Waals surface area contributed by atoms with Gasteiger partial charge in [0.25, 0.3) is 0 Å². The van der Waals surface area contributed by atoms with Gasteiger partial charge in [-0.25, -0.2) is 0 Å². The molecule has 0 aliphatic heterocycles. The smallest absolute Gasteiger partial charge is 0.306 e. The molecule has 6 unspecified atom stereocenters. The Balaban J connectivity index is 1.81. The van der Waals surface area contributed by atoms with Gasteiger partial charge in [-0.1, -0.05) is 90.9 Å². The first-order chi connectivity index (χ1) is 16.9. The number of hydrogen-bond donors (Lipinski definition) is 2. The summed E-state index contributed by atoms with van der Waals surface area (Å²) >= 11 is 0.